The van der Waals surface area contributed by atoms with Gasteiger partial charge >= 0.3 is 5.97 Å². The summed E-state index contributed by atoms with van der Waals surface area (Å²) in [5.74, 6) is -3.78. The fourth-order valence-corrected chi connectivity index (χ4v) is 8.57. The molecule has 1 saturated heterocycles. The summed E-state index contributed by atoms with van der Waals surface area (Å²) < 4.78 is 5.79. The molecule has 13 nitrogen and oxygen atoms in total. The Balaban J connectivity index is 1.23. The van der Waals surface area contributed by atoms with E-state index < -0.39 is 72.3 Å². The van der Waals surface area contributed by atoms with Crippen LogP contribution in [-0.2, 0) is 54.5 Å². The van der Waals surface area contributed by atoms with Gasteiger partial charge in [0.2, 0.25) is 23.6 Å². The highest BCUT2D eigenvalue weighted by molar-refractivity contribution is 7.09. The van der Waals surface area contributed by atoms with Crippen LogP contribution in [0.25, 0.3) is 11.1 Å². The van der Waals surface area contributed by atoms with Crippen molar-refractivity contribution in [1.29, 1.82) is 0 Å². The molecule has 0 saturated carbocycles. The van der Waals surface area contributed by atoms with Crippen molar-refractivity contribution in [2.45, 2.75) is 75.2 Å². The highest BCUT2D eigenvalue weighted by Crippen LogP contribution is 2.23. The first-order valence-electron chi connectivity index (χ1n) is 20.8. The smallest absolute Gasteiger partial charge is 0.326 e. The maximum Gasteiger partial charge on any atom is 0.326 e. The number of benzene rings is 4. The molecule has 5 atom stereocenters. The van der Waals surface area contributed by atoms with Gasteiger partial charge in [0.25, 0.3) is 5.91 Å². The number of aliphatic carboxylic acids is 1. The fourth-order valence-electron chi connectivity index (χ4n) is 7.82. The highest BCUT2D eigenvalue weighted by Gasteiger charge is 2.39. The number of rotatable bonds is 10. The third-order valence-corrected chi connectivity index (χ3v) is 12.0. The van der Waals surface area contributed by atoms with Crippen LogP contribution >= 0.6 is 11.3 Å². The first-order valence-corrected chi connectivity index (χ1v) is 21.6. The number of hydrogen-bond donors (Lipinski definition) is 5. The Morgan fingerprint density at radius 1 is 0.677 bits per heavy atom. The van der Waals surface area contributed by atoms with Crippen molar-refractivity contribution in [3.63, 3.8) is 0 Å². The van der Waals surface area contributed by atoms with Crippen molar-refractivity contribution in [2.24, 2.45) is 0 Å². The average molecular weight is 856 g/mol. The van der Waals surface area contributed by atoms with Gasteiger partial charge in [-0.3, -0.25) is 24.0 Å². The number of carboxylic acids is 1. The van der Waals surface area contributed by atoms with E-state index in [0.717, 1.165) is 27.1 Å². The molecule has 0 radical (unpaired) electrons. The summed E-state index contributed by atoms with van der Waals surface area (Å²) >= 11 is 1.43. The topological polar surface area (TPSA) is 183 Å². The van der Waals surface area contributed by atoms with Gasteiger partial charge in [0.15, 0.2) is 6.61 Å². The van der Waals surface area contributed by atoms with Crippen molar-refractivity contribution in [2.75, 3.05) is 13.2 Å². The Morgan fingerprint density at radius 2 is 1.32 bits per heavy atom. The van der Waals surface area contributed by atoms with Crippen LogP contribution < -0.4 is 26.0 Å². The second-order valence-electron chi connectivity index (χ2n) is 15.5. The third-order valence-electron chi connectivity index (χ3n) is 11.1. The number of nitrogens with one attached hydrogen (secondary N) is 4. The molecule has 5 aromatic rings. The van der Waals surface area contributed by atoms with Crippen LogP contribution in [-0.4, -0.2) is 88.9 Å². The number of amides is 5. The van der Waals surface area contributed by atoms with Crippen molar-refractivity contribution in [3.8, 4) is 16.9 Å². The zero-order valence-corrected chi connectivity index (χ0v) is 34.9. The molecule has 0 spiro atoms. The lowest BCUT2D eigenvalue weighted by Crippen LogP contribution is -2.59. The Kier molecular flexibility index (Phi) is 14.4. The lowest BCUT2D eigenvalue weighted by Gasteiger charge is -2.29. The normalized spacial score (nSPS) is 21.3. The Labute approximate surface area is 363 Å². The molecule has 1 aromatic heterocycles. The zero-order chi connectivity index (χ0) is 43.4. The van der Waals surface area contributed by atoms with Gasteiger partial charge in [0.05, 0.1) is 0 Å². The molecule has 320 valence electrons. The molecule has 0 aliphatic carbocycles. The lowest BCUT2D eigenvalue weighted by atomic mass is 9.99. The second-order valence-corrected chi connectivity index (χ2v) is 16.6. The number of thiophene rings is 1. The third kappa shape index (κ3) is 11.5. The molecule has 3 aliphatic heterocycles. The van der Waals surface area contributed by atoms with Crippen LogP contribution in [0.4, 0.5) is 0 Å². The van der Waals surface area contributed by atoms with E-state index in [1.807, 2.05) is 102 Å². The van der Waals surface area contributed by atoms with Gasteiger partial charge < -0.3 is 36.0 Å². The minimum atomic E-state index is -1.20. The SMILES string of the molecule is O=C1COc2ccc(cc2)C[C@@H](C(=O)N2CCC[C@@H]2C(=O)O)NC(=O)[C@@H](CCc2ccccc2)NC(=O)[C@H](Cc2ccc(-c3ccccc3)cc2)NC(=O)C(Cc2cccs2)N1. The van der Waals surface area contributed by atoms with Crippen molar-refractivity contribution >= 4 is 46.8 Å². The number of hydrogen-bond acceptors (Lipinski definition) is 8. The van der Waals surface area contributed by atoms with E-state index in [0.29, 0.717) is 24.2 Å². The lowest BCUT2D eigenvalue weighted by molar-refractivity contribution is -0.149. The molecule has 2 bridgehead atoms. The van der Waals surface area contributed by atoms with Crippen LogP contribution in [0, 0.1) is 0 Å². The standard InChI is InChI=1S/C48H49N5O8S/c54-43-30-61-36-22-17-33(18-23-36)28-41(47(58)53-25-7-14-42(53)48(59)60)52-44(55)38(24-19-31-9-3-1-4-10-31)50-45(56)39(51-46(57)40(49-43)29-37-13-8-26-62-37)27-32-15-20-35(21-16-32)34-11-5-2-6-12-34/h1-6,8-13,15-18,20-23,26,38-42H,7,14,19,24-25,27-30H2,(H,49,54)(H,50,56)(H,51,57)(H,52,55)(H,59,60)/t38-,39+,40?,41+,42-/m1/s1. The number of ether oxygens (including phenoxy) is 1. The predicted octanol–water partition coefficient (Wildman–Crippen LogP) is 4.48. The van der Waals surface area contributed by atoms with Crippen molar-refractivity contribution in [3.05, 3.63) is 148 Å². The molecule has 4 heterocycles. The largest absolute Gasteiger partial charge is 0.484 e. The summed E-state index contributed by atoms with van der Waals surface area (Å²) in [6.07, 6.45) is 1.52. The fraction of sp³-hybridized carbons (Fsp3) is 0.292. The van der Waals surface area contributed by atoms with E-state index in [2.05, 4.69) is 21.3 Å². The number of likely N-dealkylation sites (tertiary alicyclic amines) is 1. The molecular weight excluding hydrogens is 807 g/mol. The molecule has 8 rings (SSSR count). The number of carboxylic acid groups (broad SMARTS) is 1. The molecule has 1 unspecified atom stereocenters. The van der Waals surface area contributed by atoms with Gasteiger partial charge in [-0.2, -0.15) is 0 Å². The van der Waals surface area contributed by atoms with Crippen LogP contribution in [0.5, 0.6) is 5.75 Å². The van der Waals surface area contributed by atoms with Crippen molar-refractivity contribution in [1.82, 2.24) is 26.2 Å². The van der Waals surface area contributed by atoms with Crippen LogP contribution in [0.15, 0.2) is 127 Å². The Morgan fingerprint density at radius 3 is 2.00 bits per heavy atom. The van der Waals surface area contributed by atoms with Crippen LogP contribution in [0.2, 0.25) is 0 Å². The summed E-state index contributed by atoms with van der Waals surface area (Å²) in [6, 6.07) is 31.6. The maximum atomic E-state index is 14.6. The molecule has 3 aliphatic rings. The average Bonchev–Trinajstić information content (AvgIpc) is 4.01. The highest BCUT2D eigenvalue weighted by atomic mass is 32.1. The second kappa shape index (κ2) is 20.6. The molecule has 5 N–H and O–H groups in total. The number of aryl methyl sites for hydroxylation is 1. The van der Waals surface area contributed by atoms with Gasteiger partial charge in [-0.05, 0) is 77.1 Å². The molecule has 1 fully saturated rings. The number of nitrogens with zero attached hydrogens (tertiary/aromatic N) is 1. The molecule has 62 heavy (non-hydrogen) atoms. The van der Waals surface area contributed by atoms with E-state index in [4.69, 9.17) is 4.74 Å². The number of carbonyl (C=O) groups is 6. The predicted molar refractivity (Wildman–Crippen MR) is 234 cm³/mol. The number of carbonyl (C=O) groups excluding carboxylic acids is 5. The molecule has 5 amide bonds. The van der Waals surface area contributed by atoms with E-state index in [1.54, 1.807) is 24.3 Å². The molecular formula is C48H49N5O8S. The van der Waals surface area contributed by atoms with E-state index in [1.165, 1.54) is 16.2 Å². The van der Waals surface area contributed by atoms with Gasteiger partial charge in [-0.1, -0.05) is 103 Å². The van der Waals surface area contributed by atoms with Crippen LogP contribution in [0.1, 0.15) is 40.8 Å². The zero-order valence-electron chi connectivity index (χ0n) is 34.0. The monoisotopic (exact) mass is 855 g/mol. The van der Waals surface area contributed by atoms with Gasteiger partial charge in [-0.15, -0.1) is 11.3 Å². The van der Waals surface area contributed by atoms with Gasteiger partial charge in [0, 0.05) is 30.7 Å². The maximum absolute atomic E-state index is 14.6. The first kappa shape index (κ1) is 43.3. The summed E-state index contributed by atoms with van der Waals surface area (Å²) in [7, 11) is 0. The molecule has 4 aromatic carbocycles. The molecule has 14 heteroatoms. The van der Waals surface area contributed by atoms with Crippen molar-refractivity contribution < 1.29 is 38.6 Å². The summed E-state index contributed by atoms with van der Waals surface area (Å²) in [5, 5.41) is 23.3. The van der Waals surface area contributed by atoms with E-state index >= 15 is 0 Å². The van der Waals surface area contributed by atoms with Gasteiger partial charge in [0.1, 0.15) is 36.0 Å². The summed E-state index contributed by atoms with van der Waals surface area (Å²) in [4.78, 5) is 85.3. The quantitative estimate of drug-likeness (QED) is 0.128. The van der Waals surface area contributed by atoms with Crippen LogP contribution in [0.3, 0.4) is 0 Å². The Bertz CT molecular complexity index is 2320. The summed E-state index contributed by atoms with van der Waals surface area (Å²) in [5.41, 5.74) is 4.26. The minimum Gasteiger partial charge on any atom is -0.484 e. The first-order chi connectivity index (χ1) is 30.1. The summed E-state index contributed by atoms with van der Waals surface area (Å²) in [6.45, 7) is -0.191. The van der Waals surface area contributed by atoms with E-state index in [-0.39, 0.29) is 38.6 Å². The minimum absolute atomic E-state index is 0.00951. The number of fused-ring (bicyclic) bond motifs is 16. The Hall–Kier alpha value is -6.80. The van der Waals surface area contributed by atoms with Gasteiger partial charge in [-0.25, -0.2) is 4.79 Å². The van der Waals surface area contributed by atoms with E-state index in [9.17, 15) is 33.9 Å².